The Kier molecular flexibility index (Phi) is 6.35. The van der Waals surface area contributed by atoms with Crippen LogP contribution in [0.4, 0.5) is 11.6 Å². The first kappa shape index (κ1) is 19.1. The number of carbonyl (C=O) groups is 1. The number of nitrogens with one attached hydrogen (secondary N) is 2. The Morgan fingerprint density at radius 2 is 2.00 bits per heavy atom. The third-order valence-electron chi connectivity index (χ3n) is 3.94. The lowest BCUT2D eigenvalue weighted by Gasteiger charge is -2.12. The number of aromatic nitrogens is 4. The lowest BCUT2D eigenvalue weighted by Crippen LogP contribution is -2.20. The zero-order chi connectivity index (χ0) is 19.8. The van der Waals surface area contributed by atoms with Gasteiger partial charge in [0.05, 0.1) is 6.54 Å². The molecule has 0 fully saturated rings. The molecule has 1 amide bonds. The minimum absolute atomic E-state index is 0.0842. The summed E-state index contributed by atoms with van der Waals surface area (Å²) in [6.07, 6.45) is 1.71. The number of rotatable bonds is 9. The van der Waals surface area contributed by atoms with E-state index >= 15 is 0 Å². The van der Waals surface area contributed by atoms with E-state index in [1.807, 2.05) is 55.5 Å². The number of amides is 1. The molecule has 1 heterocycles. The second-order valence-electron chi connectivity index (χ2n) is 6.14. The minimum atomic E-state index is -0.221. The van der Waals surface area contributed by atoms with Crippen LogP contribution in [0.25, 0.3) is 0 Å². The molecule has 0 aliphatic rings. The fourth-order valence-corrected chi connectivity index (χ4v) is 2.52. The lowest BCUT2D eigenvalue weighted by atomic mass is 10.2. The largest absolute Gasteiger partial charge is 0.483 e. The molecule has 3 rings (SSSR count). The summed E-state index contributed by atoms with van der Waals surface area (Å²) in [7, 11) is 0. The molecule has 144 valence electrons. The second-order valence-corrected chi connectivity index (χ2v) is 6.14. The van der Waals surface area contributed by atoms with Crippen LogP contribution in [-0.2, 0) is 17.9 Å². The Bertz CT molecular complexity index is 936. The normalized spacial score (nSPS) is 10.3. The molecule has 0 bridgehead atoms. The third kappa shape index (κ3) is 5.16. The molecule has 3 aromatic rings. The second kappa shape index (κ2) is 9.31. The first-order valence-corrected chi connectivity index (χ1v) is 8.84. The van der Waals surface area contributed by atoms with Gasteiger partial charge in [-0.3, -0.25) is 4.79 Å². The van der Waals surface area contributed by atoms with Crippen LogP contribution in [-0.4, -0.2) is 32.7 Å². The topological polar surface area (TPSA) is 94.0 Å². The summed E-state index contributed by atoms with van der Waals surface area (Å²) in [6, 6.07) is 15.1. The van der Waals surface area contributed by atoms with Crippen molar-refractivity contribution in [1.29, 1.82) is 0 Å². The van der Waals surface area contributed by atoms with E-state index in [0.29, 0.717) is 24.8 Å². The van der Waals surface area contributed by atoms with Gasteiger partial charge in [-0.2, -0.15) is 0 Å². The van der Waals surface area contributed by atoms with E-state index in [2.05, 4.69) is 32.7 Å². The number of ether oxygens (including phenoxy) is 1. The monoisotopic (exact) mass is 378 g/mol. The number of aryl methyl sites for hydroxylation is 1. The van der Waals surface area contributed by atoms with Crippen LogP contribution in [0.5, 0.6) is 5.75 Å². The van der Waals surface area contributed by atoms with Crippen LogP contribution < -0.4 is 15.4 Å². The maximum absolute atomic E-state index is 12.2. The molecule has 2 N–H and O–H groups in total. The predicted octanol–water partition coefficient (Wildman–Crippen LogP) is 2.80. The first-order valence-electron chi connectivity index (χ1n) is 8.84. The van der Waals surface area contributed by atoms with Gasteiger partial charge in [0.15, 0.2) is 6.61 Å². The van der Waals surface area contributed by atoms with Crippen molar-refractivity contribution in [3.05, 3.63) is 72.3 Å². The highest BCUT2D eigenvalue weighted by Gasteiger charge is 2.09. The van der Waals surface area contributed by atoms with Gasteiger partial charge in [-0.05, 0) is 35.5 Å². The maximum atomic E-state index is 12.2. The van der Waals surface area contributed by atoms with E-state index in [0.717, 1.165) is 16.8 Å². The van der Waals surface area contributed by atoms with Crippen molar-refractivity contribution < 1.29 is 9.53 Å². The van der Waals surface area contributed by atoms with Crippen molar-refractivity contribution in [1.82, 2.24) is 20.2 Å². The van der Waals surface area contributed by atoms with Crippen LogP contribution in [0.3, 0.4) is 0 Å². The van der Waals surface area contributed by atoms with Gasteiger partial charge in [0.1, 0.15) is 5.75 Å². The molecule has 0 spiro atoms. The fraction of sp³-hybridized carbons (Fsp3) is 0.200. The number of tetrazole rings is 1. The molecular weight excluding hydrogens is 356 g/mol. The fourth-order valence-electron chi connectivity index (χ4n) is 2.52. The molecule has 0 saturated heterocycles. The summed E-state index contributed by atoms with van der Waals surface area (Å²) >= 11 is 0. The predicted molar refractivity (Wildman–Crippen MR) is 107 cm³/mol. The molecule has 0 unspecified atom stereocenters. The summed E-state index contributed by atoms with van der Waals surface area (Å²) in [5.41, 5.74) is 2.76. The molecule has 0 aliphatic heterocycles. The van der Waals surface area contributed by atoms with Gasteiger partial charge in [-0.25, -0.2) is 4.68 Å². The van der Waals surface area contributed by atoms with Crippen molar-refractivity contribution >= 4 is 17.5 Å². The van der Waals surface area contributed by atoms with Gasteiger partial charge >= 0.3 is 0 Å². The number of hydrogen-bond donors (Lipinski definition) is 2. The standard InChI is InChI=1S/C20H22N6O2/c1-3-12-26-20(23-24-25-26)21-13-16-6-4-5-7-18(16)28-14-19(27)22-17-10-8-15(2)9-11-17/h3-11H,1,12-14H2,2H3,(H,22,27)(H,21,23,25). The molecule has 0 atom stereocenters. The molecule has 8 heteroatoms. The Hall–Kier alpha value is -3.68. The molecule has 0 radical (unpaired) electrons. The number of hydrogen-bond acceptors (Lipinski definition) is 6. The van der Waals surface area contributed by atoms with E-state index in [-0.39, 0.29) is 12.5 Å². The highest BCUT2D eigenvalue weighted by molar-refractivity contribution is 5.91. The first-order chi connectivity index (χ1) is 13.7. The van der Waals surface area contributed by atoms with Gasteiger partial charge in [0, 0.05) is 17.8 Å². The molecule has 1 aromatic heterocycles. The average molecular weight is 378 g/mol. The average Bonchev–Trinajstić information content (AvgIpc) is 3.14. The quantitative estimate of drug-likeness (QED) is 0.556. The zero-order valence-electron chi connectivity index (χ0n) is 15.6. The number of anilines is 2. The number of carbonyl (C=O) groups excluding carboxylic acids is 1. The number of benzene rings is 2. The van der Waals surface area contributed by atoms with Crippen LogP contribution in [0.2, 0.25) is 0 Å². The van der Waals surface area contributed by atoms with Crippen molar-refractivity contribution in [3.63, 3.8) is 0 Å². The van der Waals surface area contributed by atoms with Crippen LogP contribution >= 0.6 is 0 Å². The van der Waals surface area contributed by atoms with E-state index in [1.54, 1.807) is 10.8 Å². The summed E-state index contributed by atoms with van der Waals surface area (Å²) in [5.74, 6) is 0.935. The van der Waals surface area contributed by atoms with E-state index in [9.17, 15) is 4.79 Å². The molecule has 28 heavy (non-hydrogen) atoms. The Morgan fingerprint density at radius 1 is 1.21 bits per heavy atom. The zero-order valence-corrected chi connectivity index (χ0v) is 15.6. The summed E-state index contributed by atoms with van der Waals surface area (Å²) in [6.45, 7) is 6.55. The van der Waals surface area contributed by atoms with Gasteiger partial charge in [0.25, 0.3) is 5.91 Å². The Labute approximate surface area is 163 Å². The SMILES string of the molecule is C=CCn1nnnc1NCc1ccccc1OCC(=O)Nc1ccc(C)cc1. The highest BCUT2D eigenvalue weighted by atomic mass is 16.5. The molecular formula is C20H22N6O2. The lowest BCUT2D eigenvalue weighted by molar-refractivity contribution is -0.118. The number of para-hydroxylation sites is 1. The van der Waals surface area contributed by atoms with Gasteiger partial charge in [0.2, 0.25) is 5.95 Å². The molecule has 2 aromatic carbocycles. The van der Waals surface area contributed by atoms with E-state index in [4.69, 9.17) is 4.74 Å². The van der Waals surface area contributed by atoms with E-state index < -0.39 is 0 Å². The molecule has 0 saturated carbocycles. The Morgan fingerprint density at radius 3 is 2.79 bits per heavy atom. The van der Waals surface area contributed by atoms with Crippen molar-refractivity contribution in [2.75, 3.05) is 17.2 Å². The summed E-state index contributed by atoms with van der Waals surface area (Å²) < 4.78 is 7.32. The number of allylic oxidation sites excluding steroid dienone is 1. The van der Waals surface area contributed by atoms with Crippen LogP contribution in [0, 0.1) is 6.92 Å². The highest BCUT2D eigenvalue weighted by Crippen LogP contribution is 2.19. The minimum Gasteiger partial charge on any atom is -0.483 e. The maximum Gasteiger partial charge on any atom is 0.262 e. The molecule has 0 aliphatic carbocycles. The summed E-state index contributed by atoms with van der Waals surface area (Å²) in [5, 5.41) is 17.5. The third-order valence-corrected chi connectivity index (χ3v) is 3.94. The smallest absolute Gasteiger partial charge is 0.262 e. The van der Waals surface area contributed by atoms with Crippen molar-refractivity contribution in [2.45, 2.75) is 20.0 Å². The van der Waals surface area contributed by atoms with Crippen molar-refractivity contribution in [2.24, 2.45) is 0 Å². The number of nitrogens with zero attached hydrogens (tertiary/aromatic N) is 4. The van der Waals surface area contributed by atoms with Crippen molar-refractivity contribution in [3.8, 4) is 5.75 Å². The Balaban J connectivity index is 1.57. The van der Waals surface area contributed by atoms with Gasteiger partial charge in [-0.15, -0.1) is 6.58 Å². The van der Waals surface area contributed by atoms with E-state index in [1.165, 1.54) is 0 Å². The van der Waals surface area contributed by atoms with Gasteiger partial charge in [-0.1, -0.05) is 47.1 Å². The van der Waals surface area contributed by atoms with Crippen LogP contribution in [0.15, 0.2) is 61.2 Å². The van der Waals surface area contributed by atoms with Gasteiger partial charge < -0.3 is 15.4 Å². The van der Waals surface area contributed by atoms with Crippen LogP contribution in [0.1, 0.15) is 11.1 Å². The summed E-state index contributed by atoms with van der Waals surface area (Å²) in [4.78, 5) is 12.2. The molecule has 8 nitrogen and oxygen atoms in total.